The van der Waals surface area contributed by atoms with Crippen LogP contribution in [0.3, 0.4) is 0 Å². The van der Waals surface area contributed by atoms with Crippen LogP contribution in [0.25, 0.3) is 0 Å². The average Bonchev–Trinajstić information content (AvgIpc) is 2.29. The van der Waals surface area contributed by atoms with Crippen molar-refractivity contribution in [3.63, 3.8) is 0 Å². The number of aryl methyl sites for hydroxylation is 1. The number of hydrogen-bond acceptors (Lipinski definition) is 5. The fourth-order valence-electron chi connectivity index (χ4n) is 1.19. The Kier molecular flexibility index (Phi) is 5.68. The van der Waals surface area contributed by atoms with Crippen LogP contribution in [-0.4, -0.2) is 19.6 Å². The molecule has 2 nitrogen and oxygen atoms in total. The highest BCUT2D eigenvalue weighted by Crippen LogP contribution is 2.58. The molecule has 0 bridgehead atoms. The number of benzene rings is 1. The van der Waals surface area contributed by atoms with Crippen molar-refractivity contribution in [3.05, 3.63) is 23.8 Å². The molecular formula is C10H15O2PS3. The molecule has 0 aliphatic rings. The second-order valence-corrected chi connectivity index (χ2v) is 10.4. The van der Waals surface area contributed by atoms with E-state index in [1.807, 2.05) is 24.5 Å². The third-order valence-corrected chi connectivity index (χ3v) is 8.28. The van der Waals surface area contributed by atoms with Crippen LogP contribution in [0.4, 0.5) is 0 Å². The zero-order valence-corrected chi connectivity index (χ0v) is 13.1. The van der Waals surface area contributed by atoms with Crippen molar-refractivity contribution in [1.82, 2.24) is 0 Å². The molecule has 16 heavy (non-hydrogen) atoms. The van der Waals surface area contributed by atoms with Crippen molar-refractivity contribution in [3.8, 4) is 5.75 Å². The summed E-state index contributed by atoms with van der Waals surface area (Å²) in [6.45, 7) is 2.06. The molecule has 0 heterocycles. The van der Waals surface area contributed by atoms with Crippen LogP contribution >= 0.6 is 28.8 Å². The van der Waals surface area contributed by atoms with E-state index in [4.69, 9.17) is 20.9 Å². The Morgan fingerprint density at radius 3 is 2.44 bits per heavy atom. The van der Waals surface area contributed by atoms with E-state index in [2.05, 4.69) is 13.2 Å². The molecular weight excluding hydrogens is 279 g/mol. The van der Waals surface area contributed by atoms with E-state index in [0.717, 1.165) is 5.75 Å². The summed E-state index contributed by atoms with van der Waals surface area (Å²) in [5.41, 5.74) is -1.01. The van der Waals surface area contributed by atoms with Crippen LogP contribution in [-0.2, 0) is 16.3 Å². The highest BCUT2D eigenvalue weighted by atomic mass is 32.9. The lowest BCUT2D eigenvalue weighted by atomic mass is 10.2. The van der Waals surface area contributed by atoms with E-state index < -0.39 is 5.69 Å². The predicted octanol–water partition coefficient (Wildman–Crippen LogP) is 4.33. The van der Waals surface area contributed by atoms with Crippen LogP contribution < -0.4 is 4.52 Å². The average molecular weight is 294 g/mol. The molecule has 6 heteroatoms. The number of rotatable bonds is 5. The van der Waals surface area contributed by atoms with Crippen molar-refractivity contribution in [2.75, 3.05) is 19.6 Å². The first-order chi connectivity index (χ1) is 7.54. The van der Waals surface area contributed by atoms with Crippen LogP contribution in [0, 0.1) is 6.92 Å². The van der Waals surface area contributed by atoms with Crippen molar-refractivity contribution in [1.29, 1.82) is 0 Å². The molecule has 0 spiro atoms. The molecule has 1 unspecified atom stereocenters. The Labute approximate surface area is 110 Å². The van der Waals surface area contributed by atoms with E-state index in [9.17, 15) is 0 Å². The molecule has 0 saturated carbocycles. The van der Waals surface area contributed by atoms with E-state index >= 15 is 0 Å². The Morgan fingerprint density at radius 2 is 2.00 bits per heavy atom. The monoisotopic (exact) mass is 294 g/mol. The van der Waals surface area contributed by atoms with Crippen LogP contribution in [0.15, 0.2) is 23.1 Å². The van der Waals surface area contributed by atoms with Crippen LogP contribution in [0.5, 0.6) is 5.75 Å². The van der Waals surface area contributed by atoms with Gasteiger partial charge < -0.3 is 9.05 Å². The van der Waals surface area contributed by atoms with Crippen molar-refractivity contribution >= 4 is 40.6 Å². The third kappa shape index (κ3) is 3.67. The molecule has 1 aromatic rings. The van der Waals surface area contributed by atoms with E-state index in [1.165, 1.54) is 21.8 Å². The summed E-state index contributed by atoms with van der Waals surface area (Å²) in [4.78, 5) is 1.25. The van der Waals surface area contributed by atoms with Crippen molar-refractivity contribution in [2.24, 2.45) is 0 Å². The quantitative estimate of drug-likeness (QED) is 0.592. The Balaban J connectivity index is 2.91. The van der Waals surface area contributed by atoms with Gasteiger partial charge in [0.25, 0.3) is 5.69 Å². The van der Waals surface area contributed by atoms with Crippen molar-refractivity contribution in [2.45, 2.75) is 11.8 Å². The van der Waals surface area contributed by atoms with E-state index in [-0.39, 0.29) is 0 Å². The summed E-state index contributed by atoms with van der Waals surface area (Å²) in [6, 6.07) is 5.99. The van der Waals surface area contributed by atoms with Crippen molar-refractivity contribution < 1.29 is 9.05 Å². The minimum absolute atomic E-state index is 0.787. The minimum atomic E-state index is -2.20. The van der Waals surface area contributed by atoms with Gasteiger partial charge in [-0.25, -0.2) is 0 Å². The maximum atomic E-state index is 5.74. The molecule has 0 N–H and O–H groups in total. The van der Waals surface area contributed by atoms with Gasteiger partial charge in [-0.1, -0.05) is 11.4 Å². The summed E-state index contributed by atoms with van der Waals surface area (Å²) in [5, 5.41) is 0. The zero-order valence-electron chi connectivity index (χ0n) is 9.72. The normalized spacial score (nSPS) is 14.5. The molecule has 0 saturated heterocycles. The lowest BCUT2D eigenvalue weighted by molar-refractivity contribution is 0.408. The maximum Gasteiger partial charge on any atom is 0.296 e. The Hall–Kier alpha value is 0.330. The molecule has 1 aromatic carbocycles. The summed E-state index contributed by atoms with van der Waals surface area (Å²) >= 11 is 8.50. The molecule has 0 amide bonds. The standard InChI is InChI=1S/C10H15O2PS3/c1-8-7-9(5-6-10(8)15-3)12-13(14,11-2)16-4/h5-7H,1-4H3. The van der Waals surface area contributed by atoms with Gasteiger partial charge in [-0.2, -0.15) is 0 Å². The van der Waals surface area contributed by atoms with E-state index in [0.29, 0.717) is 0 Å². The molecule has 90 valence electrons. The van der Waals surface area contributed by atoms with Gasteiger partial charge in [0.15, 0.2) is 0 Å². The van der Waals surface area contributed by atoms with Gasteiger partial charge in [0.2, 0.25) is 0 Å². The fourth-order valence-corrected chi connectivity index (χ4v) is 3.63. The Bertz CT molecular complexity index is 401. The molecule has 0 aliphatic heterocycles. The zero-order chi connectivity index (χ0) is 12.2. The van der Waals surface area contributed by atoms with Gasteiger partial charge in [0.1, 0.15) is 5.75 Å². The first-order valence-electron chi connectivity index (χ1n) is 4.60. The van der Waals surface area contributed by atoms with Gasteiger partial charge in [-0.05, 0) is 55.0 Å². The summed E-state index contributed by atoms with van der Waals surface area (Å²) in [7, 11) is 1.60. The summed E-state index contributed by atoms with van der Waals surface area (Å²) < 4.78 is 11.0. The molecule has 0 aliphatic carbocycles. The molecule has 1 atom stereocenters. The second-order valence-electron chi connectivity index (χ2n) is 3.04. The van der Waals surface area contributed by atoms with Gasteiger partial charge in [0.05, 0.1) is 0 Å². The first kappa shape index (κ1) is 14.4. The number of thioether (sulfide) groups is 1. The van der Waals surface area contributed by atoms with Crippen LogP contribution in [0.2, 0.25) is 0 Å². The largest absolute Gasteiger partial charge is 0.436 e. The number of hydrogen-bond donors (Lipinski definition) is 0. The van der Waals surface area contributed by atoms with Crippen LogP contribution in [0.1, 0.15) is 5.56 Å². The molecule has 0 radical (unpaired) electrons. The van der Waals surface area contributed by atoms with Gasteiger partial charge in [0, 0.05) is 12.0 Å². The SMILES string of the molecule is COP(=S)(Oc1ccc(SC)c(C)c1)SC. The lowest BCUT2D eigenvalue weighted by Gasteiger charge is -2.18. The predicted molar refractivity (Wildman–Crippen MR) is 78.4 cm³/mol. The second kappa shape index (κ2) is 6.31. The lowest BCUT2D eigenvalue weighted by Crippen LogP contribution is -1.91. The van der Waals surface area contributed by atoms with Gasteiger partial charge in [-0.3, -0.25) is 0 Å². The molecule has 0 aromatic heterocycles. The topological polar surface area (TPSA) is 18.5 Å². The third-order valence-electron chi connectivity index (χ3n) is 2.03. The highest BCUT2D eigenvalue weighted by Gasteiger charge is 2.17. The molecule has 0 fully saturated rings. The highest BCUT2D eigenvalue weighted by molar-refractivity contribution is 8.67. The first-order valence-corrected chi connectivity index (χ1v) is 10.3. The molecule has 1 rings (SSSR count). The summed E-state index contributed by atoms with van der Waals surface area (Å²) in [5.74, 6) is 0.787. The van der Waals surface area contributed by atoms with E-state index in [1.54, 1.807) is 18.9 Å². The van der Waals surface area contributed by atoms with Gasteiger partial charge in [-0.15, -0.1) is 11.8 Å². The fraction of sp³-hybridized carbons (Fsp3) is 0.400. The maximum absolute atomic E-state index is 5.74. The minimum Gasteiger partial charge on any atom is -0.436 e. The van der Waals surface area contributed by atoms with Gasteiger partial charge >= 0.3 is 0 Å². The summed E-state index contributed by atoms with van der Waals surface area (Å²) in [6.07, 6.45) is 3.97. The Morgan fingerprint density at radius 1 is 1.31 bits per heavy atom. The smallest absolute Gasteiger partial charge is 0.296 e.